The number of Topliss-reactive ketones (excluding diaryl/α,β-unsaturated/α-hetero) is 1. The van der Waals surface area contributed by atoms with Crippen molar-refractivity contribution < 1.29 is 71.5 Å². The van der Waals surface area contributed by atoms with Gasteiger partial charge in [-0.3, -0.25) is 33.6 Å². The molecule has 2 aliphatic rings. The van der Waals surface area contributed by atoms with E-state index in [0.717, 1.165) is 41.5 Å². The SMILES string of the molecule is C=C1[C@H](OC(=O)c2ccccc2)[C@@H](OC(C)=O)[C@@H](OC(C)=O)C(C)(C)C=C[C@H](C)C(=O)[C@@]2(OC(C)=O)C[C@@](C)(OC(C)=O)C(OC(C)=O)[C@@H]2[C@H]1OC(C)=O. The summed E-state index contributed by atoms with van der Waals surface area (Å²) in [6, 6.07) is 7.64. The van der Waals surface area contributed by atoms with Crippen LogP contribution < -0.4 is 0 Å². The van der Waals surface area contributed by atoms with Crippen molar-refractivity contribution in [3.63, 3.8) is 0 Å². The van der Waals surface area contributed by atoms with Crippen LogP contribution in [0.5, 0.6) is 0 Å². The minimum absolute atomic E-state index is 0.0320. The zero-order chi connectivity index (χ0) is 40.9. The molecule has 1 saturated carbocycles. The Morgan fingerprint density at radius 3 is 1.69 bits per heavy atom. The number of hydrogen-bond acceptors (Lipinski definition) is 15. The second kappa shape index (κ2) is 16.8. The third-order valence-corrected chi connectivity index (χ3v) is 9.24. The van der Waals surface area contributed by atoms with Crippen LogP contribution in [-0.4, -0.2) is 89.3 Å². The molecule has 0 amide bonds. The van der Waals surface area contributed by atoms with Gasteiger partial charge in [0, 0.05) is 64.9 Å². The number of benzene rings is 1. The first-order valence-corrected chi connectivity index (χ1v) is 17.2. The molecule has 0 aromatic heterocycles. The number of carbonyl (C=O) groups excluding carboxylic acids is 8. The van der Waals surface area contributed by atoms with Gasteiger partial charge in [0.2, 0.25) is 0 Å². The lowest BCUT2D eigenvalue weighted by atomic mass is 9.72. The predicted octanol–water partition coefficient (Wildman–Crippen LogP) is 3.94. The van der Waals surface area contributed by atoms with E-state index in [4.69, 9.17) is 33.2 Å². The first kappa shape index (κ1) is 43.1. The number of carbonyl (C=O) groups is 8. The number of esters is 7. The van der Waals surface area contributed by atoms with E-state index >= 15 is 0 Å². The molecule has 9 atom stereocenters. The Morgan fingerprint density at radius 2 is 1.19 bits per heavy atom. The molecule has 1 aromatic carbocycles. The zero-order valence-corrected chi connectivity index (χ0v) is 32.1. The summed E-state index contributed by atoms with van der Waals surface area (Å²) in [5, 5.41) is 0. The van der Waals surface area contributed by atoms with E-state index in [0.29, 0.717) is 0 Å². The highest BCUT2D eigenvalue weighted by Crippen LogP contribution is 2.54. The van der Waals surface area contributed by atoms with E-state index in [1.54, 1.807) is 32.0 Å². The van der Waals surface area contributed by atoms with Gasteiger partial charge in [0.15, 0.2) is 41.4 Å². The van der Waals surface area contributed by atoms with Gasteiger partial charge in [-0.25, -0.2) is 4.79 Å². The van der Waals surface area contributed by atoms with E-state index in [-0.39, 0.29) is 11.1 Å². The van der Waals surface area contributed by atoms with Crippen LogP contribution in [-0.2, 0) is 66.7 Å². The first-order valence-electron chi connectivity index (χ1n) is 17.2. The van der Waals surface area contributed by atoms with Crippen molar-refractivity contribution in [1.82, 2.24) is 0 Å². The molecule has 15 heteroatoms. The summed E-state index contributed by atoms with van der Waals surface area (Å²) in [6.07, 6.45) is -6.25. The topological polar surface area (TPSA) is 201 Å². The molecule has 0 aliphatic heterocycles. The second-order valence-electron chi connectivity index (χ2n) is 14.4. The Hall–Kier alpha value is -5.34. The van der Waals surface area contributed by atoms with Crippen molar-refractivity contribution in [3.05, 3.63) is 60.2 Å². The summed E-state index contributed by atoms with van der Waals surface area (Å²) < 4.78 is 41.0. The quantitative estimate of drug-likeness (QED) is 0.210. The molecular formula is C39H48O15. The van der Waals surface area contributed by atoms with Crippen LogP contribution in [0.3, 0.4) is 0 Å². The standard InChI is InChI=1S/C39H48O15/c1-20-17-18-37(9,10)35(51-25(6)43)32(49-23(4)41)31(52-36(47)28-15-13-12-14-16-28)21(2)30(48-22(3)40)29-34(50-24(5)42)38(11,53-26(7)44)19-39(29,33(20)46)54-27(8)45/h12-18,20,29-32,34-35H,2,19H2,1,3-11H3/t20-,29-,30-,31-,32+,34?,35+,38+,39+/m0/s1. The summed E-state index contributed by atoms with van der Waals surface area (Å²) in [7, 11) is 0. The van der Waals surface area contributed by atoms with Gasteiger partial charge in [0.25, 0.3) is 0 Å². The molecular weight excluding hydrogens is 708 g/mol. The van der Waals surface area contributed by atoms with Crippen molar-refractivity contribution in [3.8, 4) is 0 Å². The molecule has 0 radical (unpaired) electrons. The number of ketones is 1. The molecule has 0 spiro atoms. The molecule has 1 fully saturated rings. The molecule has 0 bridgehead atoms. The van der Waals surface area contributed by atoms with Crippen LogP contribution in [0.4, 0.5) is 0 Å². The molecule has 0 saturated heterocycles. The van der Waals surface area contributed by atoms with Gasteiger partial charge in [-0.05, 0) is 19.1 Å². The third-order valence-electron chi connectivity index (χ3n) is 9.24. The normalized spacial score (nSPS) is 30.6. The maximum Gasteiger partial charge on any atom is 0.338 e. The van der Waals surface area contributed by atoms with Gasteiger partial charge in [0.1, 0.15) is 6.10 Å². The summed E-state index contributed by atoms with van der Waals surface area (Å²) in [6.45, 7) is 16.6. The van der Waals surface area contributed by atoms with Gasteiger partial charge in [-0.2, -0.15) is 0 Å². The first-order chi connectivity index (χ1) is 25.0. The molecule has 1 aromatic rings. The van der Waals surface area contributed by atoms with E-state index in [2.05, 4.69) is 6.58 Å². The lowest BCUT2D eigenvalue weighted by Crippen LogP contribution is -2.59. The lowest BCUT2D eigenvalue weighted by Gasteiger charge is -2.44. The van der Waals surface area contributed by atoms with Crippen LogP contribution in [0.2, 0.25) is 0 Å². The van der Waals surface area contributed by atoms with E-state index in [1.807, 2.05) is 0 Å². The van der Waals surface area contributed by atoms with E-state index in [1.165, 1.54) is 38.1 Å². The molecule has 294 valence electrons. The van der Waals surface area contributed by atoms with Gasteiger partial charge in [0.05, 0.1) is 11.5 Å². The lowest BCUT2D eigenvalue weighted by molar-refractivity contribution is -0.193. The summed E-state index contributed by atoms with van der Waals surface area (Å²) >= 11 is 0. The van der Waals surface area contributed by atoms with Gasteiger partial charge in [-0.1, -0.05) is 57.7 Å². The Morgan fingerprint density at radius 1 is 0.667 bits per heavy atom. The maximum atomic E-state index is 14.9. The molecule has 3 rings (SSSR count). The van der Waals surface area contributed by atoms with E-state index in [9.17, 15) is 38.4 Å². The minimum atomic E-state index is -2.38. The van der Waals surface area contributed by atoms with Crippen molar-refractivity contribution in [2.45, 2.75) is 117 Å². The highest BCUT2D eigenvalue weighted by atomic mass is 16.6. The number of ether oxygens (including phenoxy) is 7. The Balaban J connectivity index is 2.59. The molecule has 15 nitrogen and oxygen atoms in total. The van der Waals surface area contributed by atoms with Gasteiger partial charge < -0.3 is 33.2 Å². The summed E-state index contributed by atoms with van der Waals surface area (Å²) in [4.78, 5) is 106. The molecule has 54 heavy (non-hydrogen) atoms. The summed E-state index contributed by atoms with van der Waals surface area (Å²) in [5.41, 5.74) is -5.95. The monoisotopic (exact) mass is 756 g/mol. The fourth-order valence-electron chi connectivity index (χ4n) is 7.32. The van der Waals surface area contributed by atoms with Gasteiger partial charge in [-0.15, -0.1) is 0 Å². The number of hydrogen-bond donors (Lipinski definition) is 0. The minimum Gasteiger partial charge on any atom is -0.458 e. The Bertz CT molecular complexity index is 1710. The number of fused-ring (bicyclic) bond motifs is 1. The average Bonchev–Trinajstić information content (AvgIpc) is 3.27. The van der Waals surface area contributed by atoms with Crippen LogP contribution in [0.15, 0.2) is 54.6 Å². The molecule has 0 N–H and O–H groups in total. The smallest absolute Gasteiger partial charge is 0.338 e. The zero-order valence-electron chi connectivity index (χ0n) is 32.1. The average molecular weight is 757 g/mol. The Labute approximate surface area is 313 Å². The van der Waals surface area contributed by atoms with Crippen LogP contribution >= 0.6 is 0 Å². The number of allylic oxidation sites excluding steroid dienone is 1. The molecule has 0 heterocycles. The Kier molecular flexibility index (Phi) is 13.4. The maximum absolute atomic E-state index is 14.9. The van der Waals surface area contributed by atoms with Crippen LogP contribution in [0.1, 0.15) is 86.0 Å². The largest absolute Gasteiger partial charge is 0.458 e. The third kappa shape index (κ3) is 9.60. The fraction of sp³-hybridized carbons (Fsp3) is 0.538. The fourth-order valence-corrected chi connectivity index (χ4v) is 7.32. The van der Waals surface area contributed by atoms with Crippen LogP contribution in [0.25, 0.3) is 0 Å². The van der Waals surface area contributed by atoms with Crippen LogP contribution in [0, 0.1) is 17.3 Å². The molecule has 1 unspecified atom stereocenters. The highest BCUT2D eigenvalue weighted by molar-refractivity contribution is 5.94. The van der Waals surface area contributed by atoms with E-state index < -0.39 is 113 Å². The second-order valence-corrected chi connectivity index (χ2v) is 14.4. The predicted molar refractivity (Wildman–Crippen MR) is 187 cm³/mol. The van der Waals surface area contributed by atoms with Crippen molar-refractivity contribution in [2.75, 3.05) is 0 Å². The van der Waals surface area contributed by atoms with Crippen molar-refractivity contribution in [2.24, 2.45) is 17.3 Å². The number of rotatable bonds is 8. The highest BCUT2D eigenvalue weighted by Gasteiger charge is 2.72. The molecule has 2 aliphatic carbocycles. The van der Waals surface area contributed by atoms with Crippen molar-refractivity contribution >= 4 is 47.6 Å². The van der Waals surface area contributed by atoms with Crippen molar-refractivity contribution in [1.29, 1.82) is 0 Å². The summed E-state index contributed by atoms with van der Waals surface area (Å²) in [5.74, 6) is -10.1. The van der Waals surface area contributed by atoms with Gasteiger partial charge >= 0.3 is 41.8 Å².